The van der Waals surface area contributed by atoms with Gasteiger partial charge in [-0.1, -0.05) is 0 Å². The van der Waals surface area contributed by atoms with Crippen LogP contribution in [-0.2, 0) is 4.79 Å². The minimum absolute atomic E-state index is 0.111. The van der Waals surface area contributed by atoms with E-state index in [1.54, 1.807) is 12.1 Å². The molecule has 39 heavy (non-hydrogen) atoms. The van der Waals surface area contributed by atoms with Crippen molar-refractivity contribution in [1.29, 1.82) is 0 Å². The lowest BCUT2D eigenvalue weighted by atomic mass is 10.2. The van der Waals surface area contributed by atoms with Crippen LogP contribution >= 0.6 is 0 Å². The number of esters is 1. The molecule has 0 bridgehead atoms. The number of ether oxygens (including phenoxy) is 4. The van der Waals surface area contributed by atoms with Crippen LogP contribution in [0.25, 0.3) is 0 Å². The maximum Gasteiger partial charge on any atom is 0.343 e. The number of non-ortho nitro benzene ring substituents is 1. The molecule has 0 aromatic heterocycles. The zero-order chi connectivity index (χ0) is 28.4. The van der Waals surface area contributed by atoms with Gasteiger partial charge >= 0.3 is 5.97 Å². The summed E-state index contributed by atoms with van der Waals surface area (Å²) in [6, 6.07) is 14.1. The van der Waals surface area contributed by atoms with E-state index in [0.29, 0.717) is 17.1 Å². The number of nitrogens with one attached hydrogen (secondary N) is 2. The number of carbonyl (C=O) groups is 3. The highest BCUT2D eigenvalue weighted by atomic mass is 16.6. The van der Waals surface area contributed by atoms with Gasteiger partial charge in [0, 0.05) is 17.7 Å². The Kier molecular flexibility index (Phi) is 9.51. The summed E-state index contributed by atoms with van der Waals surface area (Å²) >= 11 is 0. The topological polar surface area (TPSA) is 168 Å². The smallest absolute Gasteiger partial charge is 0.343 e. The molecule has 0 radical (unpaired) electrons. The highest BCUT2D eigenvalue weighted by molar-refractivity contribution is 5.97. The van der Waals surface area contributed by atoms with Gasteiger partial charge in [0.05, 0.1) is 44.6 Å². The summed E-state index contributed by atoms with van der Waals surface area (Å²) in [5.41, 5.74) is 3.05. The predicted molar refractivity (Wildman–Crippen MR) is 139 cm³/mol. The number of hydrogen-bond donors (Lipinski definition) is 2. The number of amides is 2. The van der Waals surface area contributed by atoms with E-state index in [1.165, 1.54) is 76.1 Å². The molecular formula is C26H24N4O9. The molecule has 0 aliphatic heterocycles. The van der Waals surface area contributed by atoms with E-state index in [-0.39, 0.29) is 34.9 Å². The summed E-state index contributed by atoms with van der Waals surface area (Å²) in [5.74, 6) is -0.621. The third-order valence-electron chi connectivity index (χ3n) is 5.16. The van der Waals surface area contributed by atoms with Crippen LogP contribution < -0.4 is 29.7 Å². The number of carbonyl (C=O) groups excluding carboxylic acids is 3. The summed E-state index contributed by atoms with van der Waals surface area (Å²) in [4.78, 5) is 47.0. The van der Waals surface area contributed by atoms with Crippen molar-refractivity contribution in [2.45, 2.75) is 0 Å². The Bertz CT molecular complexity index is 1410. The molecule has 0 spiro atoms. The molecule has 0 atom stereocenters. The minimum Gasteiger partial charge on any atom is -0.493 e. The molecule has 3 aromatic carbocycles. The van der Waals surface area contributed by atoms with Gasteiger partial charge in [-0.05, 0) is 54.1 Å². The number of nitro benzene ring substituents is 1. The lowest BCUT2D eigenvalue weighted by molar-refractivity contribution is -0.384. The molecule has 13 heteroatoms. The van der Waals surface area contributed by atoms with Gasteiger partial charge < -0.3 is 24.3 Å². The van der Waals surface area contributed by atoms with Crippen molar-refractivity contribution in [1.82, 2.24) is 10.7 Å². The van der Waals surface area contributed by atoms with E-state index >= 15 is 0 Å². The largest absolute Gasteiger partial charge is 0.493 e. The number of hydrogen-bond acceptors (Lipinski definition) is 10. The quantitative estimate of drug-likeness (QED) is 0.123. The van der Waals surface area contributed by atoms with Gasteiger partial charge in [0.15, 0.2) is 23.0 Å². The lowest BCUT2D eigenvalue weighted by Gasteiger charge is -2.10. The van der Waals surface area contributed by atoms with Gasteiger partial charge in [-0.15, -0.1) is 0 Å². The highest BCUT2D eigenvalue weighted by Gasteiger charge is 2.15. The molecule has 0 fully saturated rings. The number of hydrazone groups is 1. The monoisotopic (exact) mass is 536 g/mol. The molecule has 0 saturated heterocycles. The van der Waals surface area contributed by atoms with Crippen LogP contribution in [0.1, 0.15) is 26.3 Å². The second-order valence-electron chi connectivity index (χ2n) is 7.65. The van der Waals surface area contributed by atoms with E-state index < -0.39 is 22.7 Å². The summed E-state index contributed by atoms with van der Waals surface area (Å²) < 4.78 is 20.9. The van der Waals surface area contributed by atoms with E-state index in [0.717, 1.165) is 0 Å². The summed E-state index contributed by atoms with van der Waals surface area (Å²) in [5, 5.41) is 17.1. The fourth-order valence-electron chi connectivity index (χ4n) is 3.19. The Morgan fingerprint density at radius 3 is 2.10 bits per heavy atom. The molecular weight excluding hydrogens is 512 g/mol. The Labute approximate surface area is 222 Å². The molecule has 0 aliphatic rings. The Hall–Kier alpha value is -5.46. The number of benzene rings is 3. The molecule has 0 heterocycles. The van der Waals surface area contributed by atoms with E-state index in [4.69, 9.17) is 18.9 Å². The molecule has 2 amide bonds. The summed E-state index contributed by atoms with van der Waals surface area (Å²) in [6.45, 7) is -0.328. The standard InChI is InChI=1S/C26H24N4O9/c1-36-20-11-7-18(13-23(20)38-3)25(32)27-15-24(31)29-28-14-16-4-10-21(22(12-16)37-2)39-26(33)17-5-8-19(9-6-17)30(34)35/h4-14H,15H2,1-3H3,(H,27,32)(H,29,31)/b28-14+. The van der Waals surface area contributed by atoms with Gasteiger partial charge in [0.2, 0.25) is 0 Å². The highest BCUT2D eigenvalue weighted by Crippen LogP contribution is 2.29. The fraction of sp³-hybridized carbons (Fsp3) is 0.154. The Morgan fingerprint density at radius 1 is 0.846 bits per heavy atom. The first-order valence-corrected chi connectivity index (χ1v) is 11.2. The first kappa shape index (κ1) is 28.1. The maximum absolute atomic E-state index is 12.4. The number of nitrogens with zero attached hydrogens (tertiary/aromatic N) is 2. The van der Waals surface area contributed by atoms with Crippen molar-refractivity contribution in [2.75, 3.05) is 27.9 Å². The zero-order valence-electron chi connectivity index (χ0n) is 21.1. The first-order valence-electron chi connectivity index (χ1n) is 11.2. The van der Waals surface area contributed by atoms with Crippen LogP contribution in [0.4, 0.5) is 5.69 Å². The predicted octanol–water partition coefficient (Wildman–Crippen LogP) is 2.72. The van der Waals surface area contributed by atoms with E-state index in [2.05, 4.69) is 15.8 Å². The normalized spacial score (nSPS) is 10.4. The van der Waals surface area contributed by atoms with Crippen molar-refractivity contribution < 1.29 is 38.3 Å². The fourth-order valence-corrected chi connectivity index (χ4v) is 3.19. The van der Waals surface area contributed by atoms with Crippen LogP contribution in [0, 0.1) is 10.1 Å². The Morgan fingerprint density at radius 2 is 1.46 bits per heavy atom. The van der Waals surface area contributed by atoms with Crippen molar-refractivity contribution in [3.05, 3.63) is 87.5 Å². The third kappa shape index (κ3) is 7.52. The van der Waals surface area contributed by atoms with Crippen molar-refractivity contribution in [3.8, 4) is 23.0 Å². The van der Waals surface area contributed by atoms with Gasteiger partial charge in [0.1, 0.15) is 0 Å². The van der Waals surface area contributed by atoms with Crippen molar-refractivity contribution in [2.24, 2.45) is 5.10 Å². The second-order valence-corrected chi connectivity index (χ2v) is 7.65. The van der Waals surface area contributed by atoms with Crippen LogP contribution in [0.5, 0.6) is 23.0 Å². The molecule has 202 valence electrons. The average Bonchev–Trinajstić information content (AvgIpc) is 2.96. The van der Waals surface area contributed by atoms with Crippen LogP contribution in [-0.4, -0.2) is 56.8 Å². The van der Waals surface area contributed by atoms with Gasteiger partial charge in [-0.3, -0.25) is 19.7 Å². The van der Waals surface area contributed by atoms with Crippen LogP contribution in [0.2, 0.25) is 0 Å². The van der Waals surface area contributed by atoms with Crippen molar-refractivity contribution >= 4 is 29.7 Å². The molecule has 13 nitrogen and oxygen atoms in total. The lowest BCUT2D eigenvalue weighted by Crippen LogP contribution is -2.34. The zero-order valence-corrected chi connectivity index (χ0v) is 21.1. The third-order valence-corrected chi connectivity index (χ3v) is 5.16. The Balaban J connectivity index is 1.54. The second kappa shape index (κ2) is 13.2. The van der Waals surface area contributed by atoms with E-state index in [1.807, 2.05) is 0 Å². The van der Waals surface area contributed by atoms with Gasteiger partial charge in [-0.2, -0.15) is 5.10 Å². The maximum atomic E-state index is 12.4. The molecule has 0 aliphatic carbocycles. The molecule has 0 unspecified atom stereocenters. The van der Waals surface area contributed by atoms with Gasteiger partial charge in [0.25, 0.3) is 17.5 Å². The van der Waals surface area contributed by atoms with Crippen LogP contribution in [0.3, 0.4) is 0 Å². The molecule has 3 rings (SSSR count). The number of nitro groups is 1. The van der Waals surface area contributed by atoms with Crippen LogP contribution in [0.15, 0.2) is 65.8 Å². The van der Waals surface area contributed by atoms with Crippen molar-refractivity contribution in [3.63, 3.8) is 0 Å². The number of rotatable bonds is 11. The first-order chi connectivity index (χ1) is 18.7. The molecule has 2 N–H and O–H groups in total. The van der Waals surface area contributed by atoms with E-state index in [9.17, 15) is 24.5 Å². The minimum atomic E-state index is -0.730. The SMILES string of the molecule is COc1ccc(C(=O)NCC(=O)N/N=C/c2ccc(OC(=O)c3ccc([N+](=O)[O-])cc3)c(OC)c2)cc1OC. The number of methoxy groups -OCH3 is 3. The molecule has 3 aromatic rings. The summed E-state index contributed by atoms with van der Waals surface area (Å²) in [6.07, 6.45) is 1.33. The summed E-state index contributed by atoms with van der Waals surface area (Å²) in [7, 11) is 4.30. The molecule has 0 saturated carbocycles. The van der Waals surface area contributed by atoms with Gasteiger partial charge in [-0.25, -0.2) is 10.2 Å². The average molecular weight is 536 g/mol.